The number of nitrogens with zero attached hydrogens (tertiary/aromatic N) is 5. The van der Waals surface area contributed by atoms with Crippen LogP contribution in [-0.2, 0) is 22.5 Å². The highest BCUT2D eigenvalue weighted by molar-refractivity contribution is 7.26. The number of unbranched alkanes of at least 4 members (excludes halogenated alkanes) is 2. The first-order chi connectivity index (χ1) is 15.1. The van der Waals surface area contributed by atoms with E-state index < -0.39 is 0 Å². The van der Waals surface area contributed by atoms with E-state index in [9.17, 15) is 0 Å². The minimum absolute atomic E-state index is 0.220. The Morgan fingerprint density at radius 2 is 1.97 bits per heavy atom. The first-order valence-corrected chi connectivity index (χ1v) is 12.1. The molecule has 0 unspecified atom stereocenters. The number of rotatable bonds is 6. The molecule has 0 aromatic carbocycles. The summed E-state index contributed by atoms with van der Waals surface area (Å²) in [5.41, 5.74) is 3.15. The van der Waals surface area contributed by atoms with Gasteiger partial charge in [-0.1, -0.05) is 19.8 Å². The van der Waals surface area contributed by atoms with Gasteiger partial charge in [0.1, 0.15) is 20.9 Å². The maximum atomic E-state index is 6.17. The molecule has 9 heteroatoms. The number of hydrogen-bond donors (Lipinski definition) is 1. The van der Waals surface area contributed by atoms with Gasteiger partial charge < -0.3 is 19.7 Å². The fourth-order valence-corrected chi connectivity index (χ4v) is 5.58. The smallest absolute Gasteiger partial charge is 0.172 e. The van der Waals surface area contributed by atoms with E-state index in [0.717, 1.165) is 70.1 Å². The summed E-state index contributed by atoms with van der Waals surface area (Å²) in [5.74, 6) is 1.85. The Balaban J connectivity index is 1.65. The van der Waals surface area contributed by atoms with E-state index in [1.165, 1.54) is 18.4 Å². The summed E-state index contributed by atoms with van der Waals surface area (Å²) in [7, 11) is 0. The molecule has 2 aliphatic heterocycles. The van der Waals surface area contributed by atoms with Crippen molar-refractivity contribution in [2.45, 2.75) is 58.7 Å². The quantitative estimate of drug-likeness (QED) is 0.575. The zero-order chi connectivity index (χ0) is 21.4. The van der Waals surface area contributed by atoms with E-state index in [0.29, 0.717) is 19.8 Å². The molecule has 166 valence electrons. The molecule has 1 saturated heterocycles. The topological polar surface area (TPSA) is 85.3 Å². The van der Waals surface area contributed by atoms with Crippen LogP contribution in [0.1, 0.15) is 51.2 Å². The third-order valence-electron chi connectivity index (χ3n) is 6.11. The summed E-state index contributed by atoms with van der Waals surface area (Å²) in [6.07, 6.45) is 4.39. The highest BCUT2D eigenvalue weighted by atomic mass is 32.1. The van der Waals surface area contributed by atoms with Crippen LogP contribution in [0.15, 0.2) is 0 Å². The Labute approximate surface area is 186 Å². The first-order valence-electron chi connectivity index (χ1n) is 11.3. The third kappa shape index (κ3) is 3.94. The predicted molar refractivity (Wildman–Crippen MR) is 124 cm³/mol. The van der Waals surface area contributed by atoms with Gasteiger partial charge in [-0.05, 0) is 31.0 Å². The SMILES string of the molecule is CCCCCNc1nc2sc3c(N4CCOCC4)nnnc3c2c2c1COC(C)(C)C2. The highest BCUT2D eigenvalue weighted by Crippen LogP contribution is 2.43. The molecule has 3 aromatic rings. The molecule has 0 bridgehead atoms. The molecule has 0 amide bonds. The Morgan fingerprint density at radius 1 is 1.13 bits per heavy atom. The lowest BCUT2D eigenvalue weighted by Gasteiger charge is -2.33. The molecule has 8 nitrogen and oxygen atoms in total. The minimum Gasteiger partial charge on any atom is -0.378 e. The predicted octanol–water partition coefficient (Wildman–Crippen LogP) is 3.92. The number of anilines is 2. The normalized spacial score (nSPS) is 18.5. The van der Waals surface area contributed by atoms with Crippen molar-refractivity contribution in [3.8, 4) is 0 Å². The fraction of sp³-hybridized carbons (Fsp3) is 0.636. The van der Waals surface area contributed by atoms with Crippen LogP contribution in [0.3, 0.4) is 0 Å². The summed E-state index contributed by atoms with van der Waals surface area (Å²) in [4.78, 5) is 8.30. The Kier molecular flexibility index (Phi) is 5.66. The number of morpholine rings is 1. The molecule has 5 rings (SSSR count). The van der Waals surface area contributed by atoms with Gasteiger partial charge in [0.15, 0.2) is 5.82 Å². The average molecular weight is 443 g/mol. The van der Waals surface area contributed by atoms with E-state index in [-0.39, 0.29) is 5.60 Å². The molecular formula is C22H30N6O2S. The van der Waals surface area contributed by atoms with Crippen LogP contribution < -0.4 is 10.2 Å². The van der Waals surface area contributed by atoms with Crippen LogP contribution >= 0.6 is 11.3 Å². The average Bonchev–Trinajstić information content (AvgIpc) is 3.15. The zero-order valence-electron chi connectivity index (χ0n) is 18.5. The Morgan fingerprint density at radius 3 is 2.77 bits per heavy atom. The summed E-state index contributed by atoms with van der Waals surface area (Å²) >= 11 is 1.67. The number of ether oxygens (including phenoxy) is 2. The maximum Gasteiger partial charge on any atom is 0.172 e. The van der Waals surface area contributed by atoms with E-state index in [2.05, 4.69) is 46.4 Å². The van der Waals surface area contributed by atoms with Crippen molar-refractivity contribution in [2.24, 2.45) is 0 Å². The van der Waals surface area contributed by atoms with Gasteiger partial charge >= 0.3 is 0 Å². The van der Waals surface area contributed by atoms with Crippen molar-refractivity contribution >= 4 is 43.4 Å². The lowest BCUT2D eigenvalue weighted by molar-refractivity contribution is -0.0394. The number of aromatic nitrogens is 4. The standard InChI is InChI=1S/C22H30N6O2S/c1-4-5-6-7-23-19-15-13-30-22(2,3)12-14(15)16-17-18(31-21(16)24-19)20(26-27-25-17)28-8-10-29-11-9-28/h4-13H2,1-3H3,(H,23,24). The number of hydrogen-bond acceptors (Lipinski definition) is 9. The molecule has 0 atom stereocenters. The van der Waals surface area contributed by atoms with Crippen LogP contribution in [0.4, 0.5) is 11.6 Å². The van der Waals surface area contributed by atoms with Crippen molar-refractivity contribution in [1.29, 1.82) is 0 Å². The minimum atomic E-state index is -0.220. The summed E-state index contributed by atoms with van der Waals surface area (Å²) in [6, 6.07) is 0. The van der Waals surface area contributed by atoms with E-state index in [4.69, 9.17) is 14.5 Å². The Bertz CT molecular complexity index is 1090. The molecular weight excluding hydrogens is 412 g/mol. The molecule has 5 heterocycles. The van der Waals surface area contributed by atoms with E-state index >= 15 is 0 Å². The van der Waals surface area contributed by atoms with E-state index in [1.807, 2.05) is 0 Å². The number of nitrogens with one attached hydrogen (secondary N) is 1. The molecule has 1 N–H and O–H groups in total. The van der Waals surface area contributed by atoms with Gasteiger partial charge in [-0.25, -0.2) is 4.98 Å². The molecule has 0 saturated carbocycles. The monoisotopic (exact) mass is 442 g/mol. The zero-order valence-corrected chi connectivity index (χ0v) is 19.3. The lowest BCUT2D eigenvalue weighted by atomic mass is 9.90. The second-order valence-electron chi connectivity index (χ2n) is 8.95. The molecule has 1 fully saturated rings. The van der Waals surface area contributed by atoms with Gasteiger partial charge in [-0.15, -0.1) is 21.5 Å². The summed E-state index contributed by atoms with van der Waals surface area (Å²) in [5, 5.41) is 17.7. The number of fused-ring (bicyclic) bond motifs is 5. The molecule has 0 aliphatic carbocycles. The molecule has 0 radical (unpaired) electrons. The second kappa shape index (κ2) is 8.44. The van der Waals surface area contributed by atoms with Crippen molar-refractivity contribution in [2.75, 3.05) is 43.1 Å². The highest BCUT2D eigenvalue weighted by Gasteiger charge is 2.32. The molecule has 2 aliphatic rings. The van der Waals surface area contributed by atoms with Crippen LogP contribution in [-0.4, -0.2) is 58.8 Å². The van der Waals surface area contributed by atoms with Crippen molar-refractivity contribution in [3.05, 3.63) is 11.1 Å². The largest absolute Gasteiger partial charge is 0.378 e. The Hall–Kier alpha value is -2.10. The third-order valence-corrected chi connectivity index (χ3v) is 7.18. The van der Waals surface area contributed by atoms with Gasteiger partial charge in [0.2, 0.25) is 0 Å². The molecule has 3 aromatic heterocycles. The molecule has 0 spiro atoms. The number of pyridine rings is 1. The van der Waals surface area contributed by atoms with Gasteiger partial charge in [0.25, 0.3) is 0 Å². The van der Waals surface area contributed by atoms with Crippen molar-refractivity contribution in [3.63, 3.8) is 0 Å². The van der Waals surface area contributed by atoms with Gasteiger partial charge in [-0.3, -0.25) is 0 Å². The van der Waals surface area contributed by atoms with E-state index in [1.54, 1.807) is 11.3 Å². The fourth-order valence-electron chi connectivity index (χ4n) is 4.43. The summed E-state index contributed by atoms with van der Waals surface area (Å²) < 4.78 is 12.8. The first kappa shape index (κ1) is 20.8. The van der Waals surface area contributed by atoms with Gasteiger partial charge in [0, 0.05) is 37.0 Å². The maximum absolute atomic E-state index is 6.17. The van der Waals surface area contributed by atoms with Crippen LogP contribution in [0.5, 0.6) is 0 Å². The van der Waals surface area contributed by atoms with Crippen LogP contribution in [0.2, 0.25) is 0 Å². The van der Waals surface area contributed by atoms with Crippen molar-refractivity contribution < 1.29 is 9.47 Å². The van der Waals surface area contributed by atoms with Crippen LogP contribution in [0.25, 0.3) is 20.4 Å². The van der Waals surface area contributed by atoms with Crippen molar-refractivity contribution in [1.82, 2.24) is 20.4 Å². The van der Waals surface area contributed by atoms with Gasteiger partial charge in [-0.2, -0.15) is 0 Å². The molecule has 31 heavy (non-hydrogen) atoms. The second-order valence-corrected chi connectivity index (χ2v) is 9.95. The van der Waals surface area contributed by atoms with Crippen LogP contribution in [0, 0.1) is 0 Å². The van der Waals surface area contributed by atoms with Gasteiger partial charge in [0.05, 0.1) is 25.4 Å². The lowest BCUT2D eigenvalue weighted by Crippen LogP contribution is -2.37. The summed E-state index contributed by atoms with van der Waals surface area (Å²) in [6.45, 7) is 11.1. The number of thiophene rings is 1.